The zero-order valence-corrected chi connectivity index (χ0v) is 22.0. The standard InChI is InChI=1S/C40H26/c1-2-12-29-24-33(23-22-27(29)10-1)40-37-18-6-4-13-32(37)26-39-36(20-9-21-38(39)40)31-16-7-15-30(25-31)35-19-8-14-28-11-3-5-17-34(28)35/h1-26H. The van der Waals surface area contributed by atoms with Crippen LogP contribution in [0, 0.1) is 0 Å². The van der Waals surface area contributed by atoms with Gasteiger partial charge in [-0.2, -0.15) is 0 Å². The first-order valence-electron chi connectivity index (χ1n) is 13.9. The first kappa shape index (κ1) is 22.8. The van der Waals surface area contributed by atoms with Crippen molar-refractivity contribution in [2.24, 2.45) is 0 Å². The number of hydrogen-bond acceptors (Lipinski definition) is 0. The van der Waals surface area contributed by atoms with Crippen LogP contribution in [0.5, 0.6) is 0 Å². The van der Waals surface area contributed by atoms with E-state index in [0.717, 1.165) is 0 Å². The summed E-state index contributed by atoms with van der Waals surface area (Å²) in [5.41, 5.74) is 7.54. The molecule has 0 amide bonds. The maximum absolute atomic E-state index is 2.37. The van der Waals surface area contributed by atoms with Crippen molar-refractivity contribution in [3.8, 4) is 33.4 Å². The molecule has 0 radical (unpaired) electrons. The van der Waals surface area contributed by atoms with Crippen LogP contribution in [0.25, 0.3) is 76.5 Å². The first-order chi connectivity index (χ1) is 19.8. The van der Waals surface area contributed by atoms with Gasteiger partial charge < -0.3 is 0 Å². The molecular weight excluding hydrogens is 480 g/mol. The van der Waals surface area contributed by atoms with E-state index in [0.29, 0.717) is 0 Å². The van der Waals surface area contributed by atoms with Crippen molar-refractivity contribution in [1.82, 2.24) is 0 Å². The molecule has 0 fully saturated rings. The molecule has 0 atom stereocenters. The lowest BCUT2D eigenvalue weighted by atomic mass is 9.87. The Labute approximate surface area is 233 Å². The molecule has 0 saturated heterocycles. The van der Waals surface area contributed by atoms with Crippen molar-refractivity contribution in [2.45, 2.75) is 0 Å². The van der Waals surface area contributed by atoms with Crippen molar-refractivity contribution in [1.29, 1.82) is 0 Å². The van der Waals surface area contributed by atoms with Crippen LogP contribution in [0.3, 0.4) is 0 Å². The Bertz CT molecular complexity index is 2210. The van der Waals surface area contributed by atoms with Crippen LogP contribution >= 0.6 is 0 Å². The summed E-state index contributed by atoms with van der Waals surface area (Å²) in [6.45, 7) is 0. The largest absolute Gasteiger partial charge is 0.0616 e. The minimum atomic E-state index is 1.23. The fourth-order valence-corrected chi connectivity index (χ4v) is 6.33. The van der Waals surface area contributed by atoms with Crippen molar-refractivity contribution in [2.75, 3.05) is 0 Å². The average molecular weight is 507 g/mol. The van der Waals surface area contributed by atoms with Gasteiger partial charge in [-0.3, -0.25) is 0 Å². The van der Waals surface area contributed by atoms with Gasteiger partial charge in [-0.15, -0.1) is 0 Å². The third-order valence-corrected chi connectivity index (χ3v) is 8.22. The Kier molecular flexibility index (Phi) is 5.24. The highest BCUT2D eigenvalue weighted by molar-refractivity contribution is 6.16. The Morgan fingerprint density at radius 1 is 0.250 bits per heavy atom. The zero-order chi connectivity index (χ0) is 26.5. The molecule has 0 aliphatic carbocycles. The van der Waals surface area contributed by atoms with Crippen LogP contribution in [0.2, 0.25) is 0 Å². The zero-order valence-electron chi connectivity index (χ0n) is 22.0. The molecule has 0 heteroatoms. The first-order valence-corrected chi connectivity index (χ1v) is 13.9. The molecule has 0 aliphatic heterocycles. The predicted octanol–water partition coefficient (Wildman–Crippen LogP) is 11.3. The van der Waals surface area contributed by atoms with Crippen molar-refractivity contribution >= 4 is 43.1 Å². The maximum atomic E-state index is 2.37. The van der Waals surface area contributed by atoms with E-state index >= 15 is 0 Å². The minimum absolute atomic E-state index is 1.23. The van der Waals surface area contributed by atoms with E-state index in [4.69, 9.17) is 0 Å². The molecule has 0 spiro atoms. The molecule has 0 nitrogen and oxygen atoms in total. The maximum Gasteiger partial charge on any atom is -0.00264 e. The summed E-state index contributed by atoms with van der Waals surface area (Å²) in [5.74, 6) is 0. The van der Waals surface area contributed by atoms with Crippen LogP contribution in [0.4, 0.5) is 0 Å². The van der Waals surface area contributed by atoms with Gasteiger partial charge in [0.05, 0.1) is 0 Å². The van der Waals surface area contributed by atoms with Crippen LogP contribution in [0.1, 0.15) is 0 Å². The lowest BCUT2D eigenvalue weighted by Gasteiger charge is -2.16. The molecule has 186 valence electrons. The lowest BCUT2D eigenvalue weighted by molar-refractivity contribution is 1.62. The molecule has 8 rings (SSSR count). The normalized spacial score (nSPS) is 11.5. The Morgan fingerprint density at radius 3 is 1.65 bits per heavy atom. The molecule has 0 N–H and O–H groups in total. The minimum Gasteiger partial charge on any atom is -0.0616 e. The van der Waals surface area contributed by atoms with Gasteiger partial charge >= 0.3 is 0 Å². The van der Waals surface area contributed by atoms with Gasteiger partial charge in [0.2, 0.25) is 0 Å². The number of hydrogen-bond donors (Lipinski definition) is 0. The molecule has 0 heterocycles. The van der Waals surface area contributed by atoms with Gasteiger partial charge in [0.25, 0.3) is 0 Å². The summed E-state index contributed by atoms with van der Waals surface area (Å²) in [6, 6.07) is 57.6. The molecule has 0 aliphatic rings. The topological polar surface area (TPSA) is 0 Å². The van der Waals surface area contributed by atoms with Gasteiger partial charge in [-0.25, -0.2) is 0 Å². The Morgan fingerprint density at radius 2 is 0.825 bits per heavy atom. The predicted molar refractivity (Wildman–Crippen MR) is 173 cm³/mol. The van der Waals surface area contributed by atoms with E-state index in [2.05, 4.69) is 158 Å². The summed E-state index contributed by atoms with van der Waals surface area (Å²) >= 11 is 0. The average Bonchev–Trinajstić information content (AvgIpc) is 3.03. The smallest absolute Gasteiger partial charge is 0.00264 e. The monoisotopic (exact) mass is 506 g/mol. The van der Waals surface area contributed by atoms with Gasteiger partial charge in [0.1, 0.15) is 0 Å². The van der Waals surface area contributed by atoms with Crippen molar-refractivity contribution < 1.29 is 0 Å². The third kappa shape index (κ3) is 3.69. The lowest BCUT2D eigenvalue weighted by Crippen LogP contribution is -1.89. The van der Waals surface area contributed by atoms with Gasteiger partial charge in [-0.1, -0.05) is 140 Å². The second-order valence-corrected chi connectivity index (χ2v) is 10.5. The molecular formula is C40H26. The van der Waals surface area contributed by atoms with E-state index in [1.165, 1.54) is 76.5 Å². The highest BCUT2D eigenvalue weighted by Crippen LogP contribution is 2.41. The Hall–Kier alpha value is -5.20. The fraction of sp³-hybridized carbons (Fsp3) is 0. The molecule has 0 bridgehead atoms. The second kappa shape index (κ2) is 9.22. The van der Waals surface area contributed by atoms with Crippen molar-refractivity contribution in [3.05, 3.63) is 158 Å². The summed E-state index contributed by atoms with van der Waals surface area (Å²) in [7, 11) is 0. The molecule has 8 aromatic carbocycles. The summed E-state index contributed by atoms with van der Waals surface area (Å²) in [4.78, 5) is 0. The van der Waals surface area contributed by atoms with E-state index < -0.39 is 0 Å². The SMILES string of the molecule is c1cc(-c2cccc3ccccc23)cc(-c2cccc3c(-c4ccc5ccccc5c4)c4ccccc4cc23)c1. The molecule has 40 heavy (non-hydrogen) atoms. The molecule has 8 aromatic rings. The number of benzene rings is 8. The van der Waals surface area contributed by atoms with Gasteiger partial charge in [0, 0.05) is 0 Å². The molecule has 0 unspecified atom stereocenters. The Balaban J connectivity index is 1.38. The van der Waals surface area contributed by atoms with E-state index in [1.54, 1.807) is 0 Å². The van der Waals surface area contributed by atoms with Crippen LogP contribution in [0.15, 0.2) is 158 Å². The second-order valence-electron chi connectivity index (χ2n) is 10.5. The number of rotatable bonds is 3. The van der Waals surface area contributed by atoms with Crippen LogP contribution < -0.4 is 0 Å². The quantitative estimate of drug-likeness (QED) is 0.209. The molecule has 0 aromatic heterocycles. The summed E-state index contributed by atoms with van der Waals surface area (Å²) < 4.78 is 0. The third-order valence-electron chi connectivity index (χ3n) is 8.22. The molecule has 0 saturated carbocycles. The van der Waals surface area contributed by atoms with Gasteiger partial charge in [-0.05, 0) is 94.7 Å². The van der Waals surface area contributed by atoms with Crippen molar-refractivity contribution in [3.63, 3.8) is 0 Å². The van der Waals surface area contributed by atoms with E-state index in [9.17, 15) is 0 Å². The van der Waals surface area contributed by atoms with E-state index in [1.807, 2.05) is 0 Å². The number of fused-ring (bicyclic) bond motifs is 4. The highest BCUT2D eigenvalue weighted by Gasteiger charge is 2.14. The fourth-order valence-electron chi connectivity index (χ4n) is 6.33. The summed E-state index contributed by atoms with van der Waals surface area (Å²) in [6.07, 6.45) is 0. The van der Waals surface area contributed by atoms with Crippen LogP contribution in [-0.4, -0.2) is 0 Å². The van der Waals surface area contributed by atoms with Gasteiger partial charge in [0.15, 0.2) is 0 Å². The van der Waals surface area contributed by atoms with Crippen LogP contribution in [-0.2, 0) is 0 Å². The van der Waals surface area contributed by atoms with E-state index in [-0.39, 0.29) is 0 Å². The highest BCUT2D eigenvalue weighted by atomic mass is 14.2. The summed E-state index contributed by atoms with van der Waals surface area (Å²) in [5, 5.41) is 10.2.